The van der Waals surface area contributed by atoms with Crippen molar-refractivity contribution < 1.29 is 9.53 Å². The van der Waals surface area contributed by atoms with E-state index >= 15 is 0 Å². The number of benzene rings is 1. The van der Waals surface area contributed by atoms with Gasteiger partial charge in [0.2, 0.25) is 0 Å². The molecule has 1 fully saturated rings. The van der Waals surface area contributed by atoms with Gasteiger partial charge in [0.15, 0.2) is 0 Å². The molecule has 0 radical (unpaired) electrons. The third-order valence-corrected chi connectivity index (χ3v) is 3.57. The number of carbonyl (C=O) groups excluding carboxylic acids is 1. The van der Waals surface area contributed by atoms with Gasteiger partial charge in [-0.2, -0.15) is 0 Å². The van der Waals surface area contributed by atoms with Crippen LogP contribution in [0.5, 0.6) is 0 Å². The maximum Gasteiger partial charge on any atom is 0.338 e. The zero-order valence-corrected chi connectivity index (χ0v) is 11.9. The van der Waals surface area contributed by atoms with Gasteiger partial charge >= 0.3 is 5.97 Å². The zero-order valence-electron chi connectivity index (χ0n) is 11.9. The summed E-state index contributed by atoms with van der Waals surface area (Å²) in [4.78, 5) is 14.2. The number of methoxy groups -OCH3 is 1. The van der Waals surface area contributed by atoms with E-state index < -0.39 is 0 Å². The predicted octanol–water partition coefficient (Wildman–Crippen LogP) is 3.10. The van der Waals surface area contributed by atoms with Crippen LogP contribution in [0, 0.1) is 5.92 Å². The Balaban J connectivity index is 2.08. The van der Waals surface area contributed by atoms with Crippen molar-refractivity contribution in [1.82, 2.24) is 4.90 Å². The normalized spacial score (nSPS) is 14.7. The molecule has 0 heterocycles. The van der Waals surface area contributed by atoms with Crippen LogP contribution in [0.4, 0.5) is 0 Å². The molecule has 0 unspecified atom stereocenters. The lowest BCUT2D eigenvalue weighted by Crippen LogP contribution is -2.27. The molecule has 19 heavy (non-hydrogen) atoms. The lowest BCUT2D eigenvalue weighted by molar-refractivity contribution is 0.0598. The third kappa shape index (κ3) is 4.06. The summed E-state index contributed by atoms with van der Waals surface area (Å²) in [5, 5.41) is 0. The average Bonchev–Trinajstić information content (AvgIpc) is 3.23. The number of esters is 1. The SMILES string of the molecule is CCCN(Cc1ccccc1C(=O)OC)CC1CC1. The Kier molecular flexibility index (Phi) is 4.97. The van der Waals surface area contributed by atoms with Crippen LogP contribution in [0.15, 0.2) is 24.3 Å². The Hall–Kier alpha value is -1.35. The number of nitrogens with zero attached hydrogens (tertiary/aromatic N) is 1. The van der Waals surface area contributed by atoms with Crippen molar-refractivity contribution >= 4 is 5.97 Å². The van der Waals surface area contributed by atoms with Crippen LogP contribution < -0.4 is 0 Å². The molecular formula is C16H23NO2. The summed E-state index contributed by atoms with van der Waals surface area (Å²) in [6.07, 6.45) is 3.87. The van der Waals surface area contributed by atoms with Crippen molar-refractivity contribution in [2.24, 2.45) is 5.92 Å². The second-order valence-corrected chi connectivity index (χ2v) is 5.33. The molecular weight excluding hydrogens is 238 g/mol. The molecule has 1 aromatic carbocycles. The maximum absolute atomic E-state index is 11.8. The lowest BCUT2D eigenvalue weighted by atomic mass is 10.1. The summed E-state index contributed by atoms with van der Waals surface area (Å²) >= 11 is 0. The number of ether oxygens (including phenoxy) is 1. The molecule has 1 aliphatic carbocycles. The first-order valence-corrected chi connectivity index (χ1v) is 7.13. The summed E-state index contributed by atoms with van der Waals surface area (Å²) in [5.74, 6) is 0.635. The first kappa shape index (κ1) is 14.1. The fraction of sp³-hybridized carbons (Fsp3) is 0.562. The summed E-state index contributed by atoms with van der Waals surface area (Å²) in [6.45, 7) is 5.29. The minimum Gasteiger partial charge on any atom is -0.465 e. The predicted molar refractivity (Wildman–Crippen MR) is 76.1 cm³/mol. The maximum atomic E-state index is 11.8. The second-order valence-electron chi connectivity index (χ2n) is 5.33. The van der Waals surface area contributed by atoms with Crippen LogP contribution in [0.3, 0.4) is 0 Å². The first-order chi connectivity index (χ1) is 9.24. The van der Waals surface area contributed by atoms with E-state index in [1.165, 1.54) is 20.0 Å². The van der Waals surface area contributed by atoms with Gasteiger partial charge in [-0.3, -0.25) is 4.90 Å². The molecule has 1 saturated carbocycles. The Morgan fingerprint density at radius 3 is 2.74 bits per heavy atom. The van der Waals surface area contributed by atoms with Crippen molar-refractivity contribution in [3.05, 3.63) is 35.4 Å². The summed E-state index contributed by atoms with van der Waals surface area (Å²) < 4.78 is 4.85. The fourth-order valence-electron chi connectivity index (χ4n) is 2.42. The Bertz CT molecular complexity index is 427. The van der Waals surface area contributed by atoms with E-state index in [1.54, 1.807) is 0 Å². The highest BCUT2D eigenvalue weighted by Gasteiger charge is 2.24. The Morgan fingerprint density at radius 2 is 2.11 bits per heavy atom. The van der Waals surface area contributed by atoms with Crippen molar-refractivity contribution in [1.29, 1.82) is 0 Å². The smallest absolute Gasteiger partial charge is 0.338 e. The monoisotopic (exact) mass is 261 g/mol. The van der Waals surface area contributed by atoms with E-state index in [0.717, 1.165) is 37.5 Å². The molecule has 104 valence electrons. The van der Waals surface area contributed by atoms with Crippen LogP contribution in [-0.4, -0.2) is 31.1 Å². The van der Waals surface area contributed by atoms with E-state index in [2.05, 4.69) is 11.8 Å². The molecule has 0 atom stereocenters. The van der Waals surface area contributed by atoms with Gasteiger partial charge in [-0.25, -0.2) is 4.79 Å². The van der Waals surface area contributed by atoms with Gasteiger partial charge in [-0.1, -0.05) is 25.1 Å². The highest BCUT2D eigenvalue weighted by Crippen LogP contribution is 2.30. The largest absolute Gasteiger partial charge is 0.465 e. The number of hydrogen-bond acceptors (Lipinski definition) is 3. The van der Waals surface area contributed by atoms with Crippen LogP contribution in [-0.2, 0) is 11.3 Å². The van der Waals surface area contributed by atoms with Crippen molar-refractivity contribution in [2.45, 2.75) is 32.7 Å². The van der Waals surface area contributed by atoms with Gasteiger partial charge in [0.25, 0.3) is 0 Å². The molecule has 0 aromatic heterocycles. The molecule has 1 aromatic rings. The Labute approximate surface area is 115 Å². The van der Waals surface area contributed by atoms with Gasteiger partial charge in [-0.05, 0) is 43.4 Å². The quantitative estimate of drug-likeness (QED) is 0.706. The molecule has 1 aliphatic rings. The number of carbonyl (C=O) groups is 1. The zero-order chi connectivity index (χ0) is 13.7. The Morgan fingerprint density at radius 1 is 1.37 bits per heavy atom. The molecule has 3 nitrogen and oxygen atoms in total. The number of rotatable bonds is 7. The van der Waals surface area contributed by atoms with Crippen LogP contribution >= 0.6 is 0 Å². The minimum atomic E-state index is -0.238. The highest BCUT2D eigenvalue weighted by molar-refractivity contribution is 5.90. The minimum absolute atomic E-state index is 0.238. The van der Waals surface area contributed by atoms with Crippen molar-refractivity contribution in [2.75, 3.05) is 20.2 Å². The van der Waals surface area contributed by atoms with E-state index in [-0.39, 0.29) is 5.97 Å². The molecule has 3 heteroatoms. The molecule has 0 spiro atoms. The summed E-state index contributed by atoms with van der Waals surface area (Å²) in [6, 6.07) is 7.76. The topological polar surface area (TPSA) is 29.5 Å². The first-order valence-electron chi connectivity index (χ1n) is 7.13. The van der Waals surface area contributed by atoms with E-state index in [0.29, 0.717) is 5.56 Å². The lowest BCUT2D eigenvalue weighted by Gasteiger charge is -2.22. The average molecular weight is 261 g/mol. The summed E-state index contributed by atoms with van der Waals surface area (Å²) in [7, 11) is 1.44. The van der Waals surface area contributed by atoms with E-state index in [1.807, 2.05) is 24.3 Å². The summed E-state index contributed by atoms with van der Waals surface area (Å²) in [5.41, 5.74) is 1.77. The van der Waals surface area contributed by atoms with Crippen LogP contribution in [0.1, 0.15) is 42.1 Å². The van der Waals surface area contributed by atoms with Crippen LogP contribution in [0.25, 0.3) is 0 Å². The molecule has 0 bridgehead atoms. The molecule has 2 rings (SSSR count). The second kappa shape index (κ2) is 6.71. The van der Waals surface area contributed by atoms with Gasteiger partial charge in [0.1, 0.15) is 0 Å². The van der Waals surface area contributed by atoms with Crippen molar-refractivity contribution in [3.8, 4) is 0 Å². The van der Waals surface area contributed by atoms with Gasteiger partial charge in [0.05, 0.1) is 12.7 Å². The number of hydrogen-bond donors (Lipinski definition) is 0. The van der Waals surface area contributed by atoms with Gasteiger partial charge in [-0.15, -0.1) is 0 Å². The van der Waals surface area contributed by atoms with E-state index in [9.17, 15) is 4.79 Å². The van der Waals surface area contributed by atoms with Gasteiger partial charge in [0, 0.05) is 13.1 Å². The molecule has 0 saturated heterocycles. The molecule has 0 aliphatic heterocycles. The third-order valence-electron chi connectivity index (χ3n) is 3.57. The van der Waals surface area contributed by atoms with Gasteiger partial charge < -0.3 is 4.74 Å². The van der Waals surface area contributed by atoms with Crippen LogP contribution in [0.2, 0.25) is 0 Å². The standard InChI is InChI=1S/C16H23NO2/c1-3-10-17(11-13-8-9-13)12-14-6-4-5-7-15(14)16(18)19-2/h4-7,13H,3,8-12H2,1-2H3. The van der Waals surface area contributed by atoms with E-state index in [4.69, 9.17) is 4.74 Å². The highest BCUT2D eigenvalue weighted by atomic mass is 16.5. The molecule has 0 amide bonds. The van der Waals surface area contributed by atoms with Crippen molar-refractivity contribution in [3.63, 3.8) is 0 Å². The fourth-order valence-corrected chi connectivity index (χ4v) is 2.42. The molecule has 0 N–H and O–H groups in total.